The molecule has 0 bridgehead atoms. The van der Waals surface area contributed by atoms with Crippen molar-refractivity contribution in [3.63, 3.8) is 0 Å². The summed E-state index contributed by atoms with van der Waals surface area (Å²) in [6.07, 6.45) is 6.17. The summed E-state index contributed by atoms with van der Waals surface area (Å²) in [5.41, 5.74) is 0.893. The van der Waals surface area contributed by atoms with Gasteiger partial charge in [0.15, 0.2) is 0 Å². The maximum atomic E-state index is 13.7. The van der Waals surface area contributed by atoms with Crippen LogP contribution in [0.1, 0.15) is 50.2 Å². The van der Waals surface area contributed by atoms with E-state index in [1.807, 2.05) is 6.07 Å². The Morgan fingerprint density at radius 3 is 2.84 bits per heavy atom. The second-order valence-corrected chi connectivity index (χ2v) is 5.22. The topological polar surface area (TPSA) is 33.0 Å². The van der Waals surface area contributed by atoms with E-state index in [4.69, 9.17) is 10.00 Å². The van der Waals surface area contributed by atoms with Crippen molar-refractivity contribution in [3.05, 3.63) is 35.1 Å². The lowest BCUT2D eigenvalue weighted by atomic mass is 9.85. The van der Waals surface area contributed by atoms with Gasteiger partial charge in [0.2, 0.25) is 0 Å². The average molecular weight is 261 g/mol. The molecule has 1 aromatic carbocycles. The van der Waals surface area contributed by atoms with Crippen LogP contribution in [0.5, 0.6) is 0 Å². The summed E-state index contributed by atoms with van der Waals surface area (Å²) in [5.74, 6) is 0.262. The lowest BCUT2D eigenvalue weighted by Crippen LogP contribution is -2.27. The molecule has 0 aromatic heterocycles. The van der Waals surface area contributed by atoms with Crippen LogP contribution in [-0.4, -0.2) is 6.10 Å². The van der Waals surface area contributed by atoms with Crippen LogP contribution in [0.2, 0.25) is 0 Å². The molecule has 0 heterocycles. The highest BCUT2D eigenvalue weighted by atomic mass is 19.1. The first kappa shape index (κ1) is 14.0. The van der Waals surface area contributed by atoms with Crippen LogP contribution < -0.4 is 0 Å². The van der Waals surface area contributed by atoms with Gasteiger partial charge in [-0.1, -0.05) is 32.3 Å². The smallest absolute Gasteiger partial charge is 0.130 e. The highest BCUT2D eigenvalue weighted by molar-refractivity contribution is 5.32. The minimum absolute atomic E-state index is 0.258. The summed E-state index contributed by atoms with van der Waals surface area (Å²) in [6, 6.07) is 6.50. The van der Waals surface area contributed by atoms with Crippen molar-refractivity contribution >= 4 is 0 Å². The lowest BCUT2D eigenvalue weighted by Gasteiger charge is -2.30. The fourth-order valence-electron chi connectivity index (χ4n) is 2.79. The van der Waals surface area contributed by atoms with E-state index < -0.39 is 0 Å². The molecule has 102 valence electrons. The first-order chi connectivity index (χ1) is 9.24. The second-order valence-electron chi connectivity index (χ2n) is 5.22. The molecule has 2 unspecified atom stereocenters. The van der Waals surface area contributed by atoms with Crippen molar-refractivity contribution < 1.29 is 9.13 Å². The molecule has 2 atom stereocenters. The molecule has 3 heteroatoms. The molecule has 1 aliphatic carbocycles. The minimum Gasteiger partial charge on any atom is -0.373 e. The summed E-state index contributed by atoms with van der Waals surface area (Å²) >= 11 is 0. The standard InChI is InChI=1S/C16H20FNO/c1-2-13-5-3-4-6-16(13)19-11-14-8-7-12(10-18)9-15(14)17/h7-9,13,16H,2-6,11H2,1H3. The Labute approximate surface area is 114 Å². The summed E-state index contributed by atoms with van der Waals surface area (Å²) < 4.78 is 19.6. The van der Waals surface area contributed by atoms with Gasteiger partial charge in [0, 0.05) is 5.56 Å². The molecule has 1 aliphatic rings. The van der Waals surface area contributed by atoms with Gasteiger partial charge in [-0.3, -0.25) is 0 Å². The Kier molecular flexibility index (Phi) is 4.93. The van der Waals surface area contributed by atoms with Crippen molar-refractivity contribution in [2.45, 2.75) is 51.7 Å². The molecule has 1 saturated carbocycles. The largest absolute Gasteiger partial charge is 0.373 e. The van der Waals surface area contributed by atoms with Gasteiger partial charge in [-0.25, -0.2) is 4.39 Å². The molecule has 2 rings (SSSR count). The first-order valence-electron chi connectivity index (χ1n) is 7.04. The van der Waals surface area contributed by atoms with Gasteiger partial charge in [0.05, 0.1) is 24.3 Å². The highest BCUT2D eigenvalue weighted by Gasteiger charge is 2.24. The Morgan fingerprint density at radius 2 is 2.16 bits per heavy atom. The highest BCUT2D eigenvalue weighted by Crippen LogP contribution is 2.29. The molecule has 0 N–H and O–H groups in total. The third-order valence-corrected chi connectivity index (χ3v) is 4.00. The maximum Gasteiger partial charge on any atom is 0.130 e. The van der Waals surface area contributed by atoms with Crippen LogP contribution in [0.3, 0.4) is 0 Å². The van der Waals surface area contributed by atoms with Crippen molar-refractivity contribution in [2.24, 2.45) is 5.92 Å². The van der Waals surface area contributed by atoms with Gasteiger partial charge in [0.1, 0.15) is 5.82 Å². The van der Waals surface area contributed by atoms with E-state index in [9.17, 15) is 4.39 Å². The van der Waals surface area contributed by atoms with Crippen LogP contribution >= 0.6 is 0 Å². The Morgan fingerprint density at radius 1 is 1.37 bits per heavy atom. The first-order valence-corrected chi connectivity index (χ1v) is 7.04. The quantitative estimate of drug-likeness (QED) is 0.814. The molecular weight excluding hydrogens is 241 g/mol. The zero-order valence-corrected chi connectivity index (χ0v) is 11.4. The van der Waals surface area contributed by atoms with Gasteiger partial charge < -0.3 is 4.74 Å². The van der Waals surface area contributed by atoms with Crippen molar-refractivity contribution in [2.75, 3.05) is 0 Å². The number of halogens is 1. The Bertz CT molecular complexity index is 466. The van der Waals surface area contributed by atoms with Gasteiger partial charge in [-0.2, -0.15) is 5.26 Å². The Hall–Kier alpha value is -1.40. The van der Waals surface area contributed by atoms with E-state index in [0.717, 1.165) is 12.8 Å². The number of benzene rings is 1. The molecular formula is C16H20FNO. The van der Waals surface area contributed by atoms with Crippen molar-refractivity contribution in [1.82, 2.24) is 0 Å². The zero-order valence-electron chi connectivity index (χ0n) is 11.4. The predicted molar refractivity (Wildman–Crippen MR) is 71.9 cm³/mol. The molecule has 1 aromatic rings. The fourth-order valence-corrected chi connectivity index (χ4v) is 2.79. The van der Waals surface area contributed by atoms with Crippen molar-refractivity contribution in [3.8, 4) is 6.07 Å². The number of ether oxygens (including phenoxy) is 1. The zero-order chi connectivity index (χ0) is 13.7. The summed E-state index contributed by atoms with van der Waals surface area (Å²) in [5, 5.41) is 8.71. The van der Waals surface area contributed by atoms with Crippen molar-refractivity contribution in [1.29, 1.82) is 5.26 Å². The number of hydrogen-bond donors (Lipinski definition) is 0. The molecule has 1 fully saturated rings. The third kappa shape index (κ3) is 3.54. The number of hydrogen-bond acceptors (Lipinski definition) is 2. The third-order valence-electron chi connectivity index (χ3n) is 4.00. The summed E-state index contributed by atoms with van der Waals surface area (Å²) in [4.78, 5) is 0. The number of rotatable bonds is 4. The van der Waals surface area contributed by atoms with E-state index in [-0.39, 0.29) is 11.9 Å². The molecule has 0 saturated heterocycles. The number of nitrogens with zero attached hydrogens (tertiary/aromatic N) is 1. The monoisotopic (exact) mass is 261 g/mol. The van der Waals surface area contributed by atoms with E-state index in [1.54, 1.807) is 12.1 Å². The van der Waals surface area contributed by atoms with Gasteiger partial charge in [-0.05, 0) is 30.9 Å². The molecule has 2 nitrogen and oxygen atoms in total. The van der Waals surface area contributed by atoms with E-state index in [2.05, 4.69) is 6.92 Å². The Balaban J connectivity index is 1.96. The predicted octanol–water partition coefficient (Wildman–Crippen LogP) is 4.18. The van der Waals surface area contributed by atoms with Crippen LogP contribution in [0, 0.1) is 23.1 Å². The molecule has 19 heavy (non-hydrogen) atoms. The fraction of sp³-hybridized carbons (Fsp3) is 0.562. The van der Waals surface area contributed by atoms with Crippen LogP contribution in [0.4, 0.5) is 4.39 Å². The van der Waals surface area contributed by atoms with Crippen LogP contribution in [-0.2, 0) is 11.3 Å². The average Bonchev–Trinajstić information content (AvgIpc) is 2.46. The van der Waals surface area contributed by atoms with Crippen LogP contribution in [0.25, 0.3) is 0 Å². The van der Waals surface area contributed by atoms with E-state index in [0.29, 0.717) is 23.7 Å². The van der Waals surface area contributed by atoms with Gasteiger partial charge in [-0.15, -0.1) is 0 Å². The molecule has 0 amide bonds. The van der Waals surface area contributed by atoms with Gasteiger partial charge in [0.25, 0.3) is 0 Å². The second kappa shape index (κ2) is 6.68. The number of nitriles is 1. The summed E-state index contributed by atoms with van der Waals surface area (Å²) in [7, 11) is 0. The minimum atomic E-state index is -0.345. The lowest BCUT2D eigenvalue weighted by molar-refractivity contribution is -0.0231. The van der Waals surface area contributed by atoms with E-state index >= 15 is 0 Å². The van der Waals surface area contributed by atoms with Crippen LogP contribution in [0.15, 0.2) is 18.2 Å². The normalized spacial score (nSPS) is 23.0. The van der Waals surface area contributed by atoms with Gasteiger partial charge >= 0.3 is 0 Å². The van der Waals surface area contributed by atoms with E-state index in [1.165, 1.54) is 25.3 Å². The summed E-state index contributed by atoms with van der Waals surface area (Å²) in [6.45, 7) is 2.49. The SMILES string of the molecule is CCC1CCCCC1OCc1ccc(C#N)cc1F. The maximum absolute atomic E-state index is 13.7. The molecule has 0 spiro atoms. The molecule has 0 radical (unpaired) electrons. The molecule has 0 aliphatic heterocycles.